The first-order chi connectivity index (χ1) is 7.82. The van der Waals surface area contributed by atoms with Gasteiger partial charge < -0.3 is 9.47 Å². The van der Waals surface area contributed by atoms with Gasteiger partial charge in [-0.1, -0.05) is 0 Å². The number of ether oxygens (including phenoxy) is 2. The average Bonchev–Trinajstić information content (AvgIpc) is 2.25. The number of alkyl halides is 2. The Morgan fingerprint density at radius 2 is 1.94 bits per heavy atom. The zero-order chi connectivity index (χ0) is 13.2. The van der Waals surface area contributed by atoms with Crippen molar-refractivity contribution in [1.29, 1.82) is 0 Å². The number of hydrogen-bond donors (Lipinski definition) is 0. The van der Waals surface area contributed by atoms with Crippen molar-refractivity contribution in [3.8, 4) is 11.5 Å². The van der Waals surface area contributed by atoms with E-state index in [1.165, 1.54) is 0 Å². The van der Waals surface area contributed by atoms with E-state index in [0.29, 0.717) is 0 Å². The Hall–Kier alpha value is -1.15. The van der Waals surface area contributed by atoms with Crippen molar-refractivity contribution in [2.75, 3.05) is 14.2 Å². The van der Waals surface area contributed by atoms with Gasteiger partial charge in [-0.3, -0.25) is 0 Å². The number of pyridine rings is 1. The quantitative estimate of drug-likeness (QED) is 0.792. The van der Waals surface area contributed by atoms with Crippen molar-refractivity contribution in [2.24, 2.45) is 0 Å². The van der Waals surface area contributed by atoms with E-state index < -0.39 is 31.8 Å². The van der Waals surface area contributed by atoms with Crippen LogP contribution in [0.5, 0.6) is 11.5 Å². The Morgan fingerprint density at radius 1 is 1.35 bits per heavy atom. The van der Waals surface area contributed by atoms with E-state index in [4.69, 9.17) is 15.4 Å². The number of methoxy groups -OCH3 is 2. The van der Waals surface area contributed by atoms with Crippen molar-refractivity contribution in [1.82, 2.24) is 4.98 Å². The minimum atomic E-state index is -4.30. The summed E-state index contributed by atoms with van der Waals surface area (Å²) < 4.78 is 57.1. The first-order valence-electron chi connectivity index (χ1n) is 4.16. The molecule has 0 bridgehead atoms. The van der Waals surface area contributed by atoms with Gasteiger partial charge in [0.1, 0.15) is 5.69 Å². The van der Waals surface area contributed by atoms with Crippen LogP contribution >= 0.6 is 10.7 Å². The molecule has 17 heavy (non-hydrogen) atoms. The van der Waals surface area contributed by atoms with Gasteiger partial charge in [-0.25, -0.2) is 22.2 Å². The number of nitrogens with zero attached hydrogens (tertiary/aromatic N) is 1. The smallest absolute Gasteiger partial charge is 0.284 e. The summed E-state index contributed by atoms with van der Waals surface area (Å²) in [7, 11) is 3.04. The van der Waals surface area contributed by atoms with E-state index in [9.17, 15) is 17.2 Å². The van der Waals surface area contributed by atoms with Crippen LogP contribution in [0.4, 0.5) is 8.78 Å². The molecule has 5 nitrogen and oxygen atoms in total. The topological polar surface area (TPSA) is 65.5 Å². The standard InChI is InChI=1S/C8H8ClF2NO4S/c1-15-4-3-12-5(8(10)11)6(16-2)7(4)17(9,13)14/h3,8H,1-2H3. The lowest BCUT2D eigenvalue weighted by molar-refractivity contribution is 0.140. The van der Waals surface area contributed by atoms with Crippen LogP contribution < -0.4 is 9.47 Å². The second-order valence-corrected chi connectivity index (χ2v) is 5.32. The van der Waals surface area contributed by atoms with E-state index in [-0.39, 0.29) is 5.75 Å². The van der Waals surface area contributed by atoms with Crippen LogP contribution in [-0.2, 0) is 9.05 Å². The van der Waals surface area contributed by atoms with Crippen LogP contribution in [0, 0.1) is 0 Å². The molecule has 0 aliphatic heterocycles. The van der Waals surface area contributed by atoms with Crippen LogP contribution in [0.25, 0.3) is 0 Å². The average molecular weight is 288 g/mol. The second kappa shape index (κ2) is 5.01. The third-order valence-electron chi connectivity index (χ3n) is 1.86. The Balaban J connectivity index is 3.67. The van der Waals surface area contributed by atoms with Crippen molar-refractivity contribution in [3.05, 3.63) is 11.9 Å². The molecule has 1 heterocycles. The predicted molar refractivity (Wildman–Crippen MR) is 55.3 cm³/mol. The van der Waals surface area contributed by atoms with Crippen molar-refractivity contribution in [3.63, 3.8) is 0 Å². The van der Waals surface area contributed by atoms with Crippen molar-refractivity contribution in [2.45, 2.75) is 11.3 Å². The van der Waals surface area contributed by atoms with E-state index >= 15 is 0 Å². The molecule has 96 valence electrons. The van der Waals surface area contributed by atoms with Gasteiger partial charge in [0.2, 0.25) is 0 Å². The number of halogens is 3. The molecular formula is C8H8ClF2NO4S. The summed E-state index contributed by atoms with van der Waals surface area (Å²) in [5.41, 5.74) is -0.812. The van der Waals surface area contributed by atoms with Crippen LogP contribution in [0.2, 0.25) is 0 Å². The lowest BCUT2D eigenvalue weighted by Crippen LogP contribution is -2.05. The predicted octanol–water partition coefficient (Wildman–Crippen LogP) is 1.96. The van der Waals surface area contributed by atoms with E-state index in [1.807, 2.05) is 0 Å². The maximum atomic E-state index is 12.6. The molecule has 9 heteroatoms. The normalized spacial score (nSPS) is 11.6. The maximum absolute atomic E-state index is 12.6. The molecule has 0 amide bonds. The van der Waals surface area contributed by atoms with Crippen LogP contribution in [-0.4, -0.2) is 27.6 Å². The summed E-state index contributed by atoms with van der Waals surface area (Å²) in [6, 6.07) is 0. The monoisotopic (exact) mass is 287 g/mol. The summed E-state index contributed by atoms with van der Waals surface area (Å²) in [4.78, 5) is 2.71. The molecule has 0 aromatic carbocycles. The molecule has 0 spiro atoms. The minimum absolute atomic E-state index is 0.263. The van der Waals surface area contributed by atoms with Gasteiger partial charge >= 0.3 is 0 Å². The number of aromatic nitrogens is 1. The molecule has 0 N–H and O–H groups in total. The van der Waals surface area contributed by atoms with Gasteiger partial charge in [0.15, 0.2) is 16.4 Å². The molecule has 0 aliphatic rings. The summed E-state index contributed by atoms with van der Waals surface area (Å²) in [5, 5.41) is 0. The zero-order valence-electron chi connectivity index (χ0n) is 8.78. The SMILES string of the molecule is COc1cnc(C(F)F)c(OC)c1S(=O)(=O)Cl. The first-order valence-corrected chi connectivity index (χ1v) is 6.47. The Morgan fingerprint density at radius 3 is 2.29 bits per heavy atom. The van der Waals surface area contributed by atoms with Crippen LogP contribution in [0.3, 0.4) is 0 Å². The second-order valence-electron chi connectivity index (χ2n) is 2.81. The highest BCUT2D eigenvalue weighted by molar-refractivity contribution is 8.13. The highest BCUT2D eigenvalue weighted by Gasteiger charge is 2.29. The number of hydrogen-bond acceptors (Lipinski definition) is 5. The highest BCUT2D eigenvalue weighted by atomic mass is 35.7. The third-order valence-corrected chi connectivity index (χ3v) is 3.20. The van der Waals surface area contributed by atoms with E-state index in [1.54, 1.807) is 0 Å². The molecule has 0 saturated heterocycles. The molecule has 0 aliphatic carbocycles. The molecular weight excluding hydrogens is 280 g/mol. The molecule has 0 saturated carbocycles. The summed E-state index contributed by atoms with van der Waals surface area (Å²) >= 11 is 0. The minimum Gasteiger partial charge on any atom is -0.494 e. The van der Waals surface area contributed by atoms with Crippen LogP contribution in [0.15, 0.2) is 11.1 Å². The first kappa shape index (κ1) is 13.9. The van der Waals surface area contributed by atoms with E-state index in [2.05, 4.69) is 9.72 Å². The fourth-order valence-corrected chi connectivity index (χ4v) is 2.43. The number of rotatable bonds is 4. The summed E-state index contributed by atoms with van der Waals surface area (Å²) in [6.45, 7) is 0. The molecule has 0 radical (unpaired) electrons. The van der Waals surface area contributed by atoms with E-state index in [0.717, 1.165) is 20.4 Å². The summed E-state index contributed by atoms with van der Waals surface area (Å²) in [6.07, 6.45) is -2.15. The molecule has 0 fully saturated rings. The van der Waals surface area contributed by atoms with Crippen molar-refractivity contribution >= 4 is 19.7 Å². The van der Waals surface area contributed by atoms with Crippen molar-refractivity contribution < 1.29 is 26.7 Å². The fourth-order valence-electron chi connectivity index (χ4n) is 1.20. The van der Waals surface area contributed by atoms with Crippen LogP contribution in [0.1, 0.15) is 12.1 Å². The lowest BCUT2D eigenvalue weighted by atomic mass is 10.3. The fraction of sp³-hybridized carbons (Fsp3) is 0.375. The lowest BCUT2D eigenvalue weighted by Gasteiger charge is -2.13. The Kier molecular flexibility index (Phi) is 4.10. The molecule has 0 unspecified atom stereocenters. The molecule has 1 aromatic heterocycles. The Bertz CT molecular complexity index is 521. The molecule has 1 rings (SSSR count). The highest BCUT2D eigenvalue weighted by Crippen LogP contribution is 2.40. The molecule has 1 aromatic rings. The Labute approximate surface area is 101 Å². The summed E-state index contributed by atoms with van der Waals surface area (Å²) in [5.74, 6) is -0.879. The largest absolute Gasteiger partial charge is 0.494 e. The third kappa shape index (κ3) is 2.75. The van der Waals surface area contributed by atoms with Gasteiger partial charge in [-0.2, -0.15) is 0 Å². The van der Waals surface area contributed by atoms with Gasteiger partial charge in [0.05, 0.1) is 20.4 Å². The van der Waals surface area contributed by atoms with Gasteiger partial charge in [-0.15, -0.1) is 0 Å². The zero-order valence-corrected chi connectivity index (χ0v) is 10.3. The van der Waals surface area contributed by atoms with Gasteiger partial charge in [0, 0.05) is 10.7 Å². The molecule has 0 atom stereocenters. The maximum Gasteiger partial charge on any atom is 0.284 e. The van der Waals surface area contributed by atoms with Gasteiger partial charge in [-0.05, 0) is 0 Å². The van der Waals surface area contributed by atoms with Gasteiger partial charge in [0.25, 0.3) is 15.5 Å².